The molecule has 2 heterocycles. The van der Waals surface area contributed by atoms with Gasteiger partial charge in [0.25, 0.3) is 5.56 Å². The minimum atomic E-state index is -1.27. The fourth-order valence-corrected chi connectivity index (χ4v) is 3.43. The first-order valence-electron chi connectivity index (χ1n) is 10.4. The Balaban J connectivity index is 2.00. The number of pyridine rings is 1. The van der Waals surface area contributed by atoms with E-state index in [2.05, 4.69) is 10.3 Å². The van der Waals surface area contributed by atoms with Crippen molar-refractivity contribution in [2.24, 2.45) is 7.05 Å². The molecule has 11 heteroatoms. The number of rotatable bonds is 6. The number of aliphatic carboxylic acids is 1. The predicted octanol–water partition coefficient (Wildman–Crippen LogP) is 1.61. The van der Waals surface area contributed by atoms with Crippen LogP contribution in [0.15, 0.2) is 46.2 Å². The van der Waals surface area contributed by atoms with E-state index < -0.39 is 35.0 Å². The molecular weight excluding hydrogens is 444 g/mol. The minimum Gasteiger partial charge on any atom is -0.495 e. The summed E-state index contributed by atoms with van der Waals surface area (Å²) >= 11 is 0. The standard InChI is InChI=1S/C23H26N4O7/c1-23(2,3)34-21(31)25-15(20(29)30)10-13-6-7-16(18(11-13)33-5)27-19(28)14-8-9-24-12-17(14)26(4)22(27)32/h6-9,11-12,15H,10H2,1-5H3,(H,25,31)(H,29,30)/t15-/m0/s1. The number of hydrogen-bond donors (Lipinski definition) is 2. The zero-order valence-corrected chi connectivity index (χ0v) is 19.5. The molecule has 3 rings (SSSR count). The van der Waals surface area contributed by atoms with E-state index in [0.29, 0.717) is 16.5 Å². The number of fused-ring (bicyclic) bond motifs is 1. The van der Waals surface area contributed by atoms with Gasteiger partial charge in [-0.25, -0.2) is 19.0 Å². The van der Waals surface area contributed by atoms with Crippen LogP contribution in [0.3, 0.4) is 0 Å². The van der Waals surface area contributed by atoms with Gasteiger partial charge in [-0.3, -0.25) is 14.3 Å². The van der Waals surface area contributed by atoms with Gasteiger partial charge in [0.1, 0.15) is 17.4 Å². The Morgan fingerprint density at radius 3 is 2.53 bits per heavy atom. The fraction of sp³-hybridized carbons (Fsp3) is 0.348. The lowest BCUT2D eigenvalue weighted by molar-refractivity contribution is -0.139. The number of carboxylic acids is 1. The van der Waals surface area contributed by atoms with Gasteiger partial charge in [0.05, 0.1) is 29.9 Å². The van der Waals surface area contributed by atoms with Gasteiger partial charge < -0.3 is 19.9 Å². The lowest BCUT2D eigenvalue weighted by Crippen LogP contribution is -2.44. The maximum Gasteiger partial charge on any atom is 0.408 e. The molecule has 11 nitrogen and oxygen atoms in total. The number of carboxylic acid groups (broad SMARTS) is 1. The second-order valence-electron chi connectivity index (χ2n) is 8.62. The Morgan fingerprint density at radius 1 is 1.21 bits per heavy atom. The predicted molar refractivity (Wildman–Crippen MR) is 124 cm³/mol. The lowest BCUT2D eigenvalue weighted by Gasteiger charge is -2.22. The molecule has 0 saturated carbocycles. The van der Waals surface area contributed by atoms with Gasteiger partial charge in [0.15, 0.2) is 0 Å². The number of hydrogen-bond acceptors (Lipinski definition) is 7. The summed E-state index contributed by atoms with van der Waals surface area (Å²) in [6.45, 7) is 5.00. The van der Waals surface area contributed by atoms with Crippen LogP contribution in [0.2, 0.25) is 0 Å². The van der Waals surface area contributed by atoms with Crippen LogP contribution in [0.5, 0.6) is 5.75 Å². The van der Waals surface area contributed by atoms with Crippen LogP contribution in [0.4, 0.5) is 4.79 Å². The molecule has 0 fully saturated rings. The third kappa shape index (κ3) is 5.08. The Bertz CT molecular complexity index is 1370. The van der Waals surface area contributed by atoms with E-state index in [9.17, 15) is 24.3 Å². The molecule has 0 bridgehead atoms. The SMILES string of the molecule is COc1cc(C[C@H](NC(=O)OC(C)(C)C)C(=O)O)ccc1-n1c(=O)c2ccncc2n(C)c1=O. The molecule has 1 amide bonds. The van der Waals surface area contributed by atoms with Crippen LogP contribution in [-0.4, -0.2) is 50.0 Å². The van der Waals surface area contributed by atoms with Gasteiger partial charge in [-0.2, -0.15) is 0 Å². The van der Waals surface area contributed by atoms with Crippen molar-refractivity contribution in [1.29, 1.82) is 0 Å². The van der Waals surface area contributed by atoms with Crippen molar-refractivity contribution < 1.29 is 24.2 Å². The summed E-state index contributed by atoms with van der Waals surface area (Å²) in [7, 11) is 2.90. The van der Waals surface area contributed by atoms with Gasteiger partial charge in [0.2, 0.25) is 0 Å². The first-order chi connectivity index (χ1) is 15.9. The second-order valence-corrected chi connectivity index (χ2v) is 8.62. The number of carbonyl (C=O) groups is 2. The van der Waals surface area contributed by atoms with E-state index in [4.69, 9.17) is 9.47 Å². The maximum absolute atomic E-state index is 13.1. The number of methoxy groups -OCH3 is 1. The summed E-state index contributed by atoms with van der Waals surface area (Å²) in [5.74, 6) is -1.06. The van der Waals surface area contributed by atoms with Crippen LogP contribution in [0.25, 0.3) is 16.6 Å². The topological polar surface area (TPSA) is 142 Å². The highest BCUT2D eigenvalue weighted by Crippen LogP contribution is 2.24. The van der Waals surface area contributed by atoms with Crippen LogP contribution in [0, 0.1) is 0 Å². The number of benzene rings is 1. The van der Waals surface area contributed by atoms with E-state index in [1.54, 1.807) is 26.8 Å². The van der Waals surface area contributed by atoms with Crippen molar-refractivity contribution in [2.45, 2.75) is 38.8 Å². The summed E-state index contributed by atoms with van der Waals surface area (Å²) in [4.78, 5) is 53.8. The first-order valence-corrected chi connectivity index (χ1v) is 10.4. The molecule has 34 heavy (non-hydrogen) atoms. The number of alkyl carbamates (subject to hydrolysis) is 1. The van der Waals surface area contributed by atoms with Crippen molar-refractivity contribution in [2.75, 3.05) is 7.11 Å². The first kappa shape index (κ1) is 24.5. The van der Waals surface area contributed by atoms with E-state index in [1.165, 1.54) is 49.3 Å². The minimum absolute atomic E-state index is 0.0818. The number of amides is 1. The molecule has 0 aliphatic carbocycles. The van der Waals surface area contributed by atoms with Gasteiger partial charge in [-0.1, -0.05) is 6.07 Å². The Kier molecular flexibility index (Phi) is 6.75. The van der Waals surface area contributed by atoms with Crippen LogP contribution in [0.1, 0.15) is 26.3 Å². The van der Waals surface area contributed by atoms with E-state index in [-0.39, 0.29) is 17.9 Å². The Labute approximate surface area is 194 Å². The smallest absolute Gasteiger partial charge is 0.408 e. The van der Waals surface area contributed by atoms with Crippen molar-refractivity contribution in [3.63, 3.8) is 0 Å². The molecule has 2 aromatic heterocycles. The summed E-state index contributed by atoms with van der Waals surface area (Å²) in [5, 5.41) is 12.2. The van der Waals surface area contributed by atoms with E-state index in [0.717, 1.165) is 4.57 Å². The number of aryl methyl sites for hydroxylation is 1. The molecule has 1 aromatic carbocycles. The molecule has 180 valence electrons. The quantitative estimate of drug-likeness (QED) is 0.553. The van der Waals surface area contributed by atoms with E-state index >= 15 is 0 Å². The maximum atomic E-state index is 13.1. The summed E-state index contributed by atoms with van der Waals surface area (Å²) in [5.41, 5.74) is -0.829. The molecule has 0 spiro atoms. The van der Waals surface area contributed by atoms with Gasteiger partial charge >= 0.3 is 17.8 Å². The molecule has 0 saturated heterocycles. The highest BCUT2D eigenvalue weighted by atomic mass is 16.6. The number of nitrogens with zero attached hydrogens (tertiary/aromatic N) is 3. The average Bonchev–Trinajstić information content (AvgIpc) is 2.76. The third-order valence-corrected chi connectivity index (χ3v) is 4.99. The molecule has 1 atom stereocenters. The third-order valence-electron chi connectivity index (χ3n) is 4.99. The van der Waals surface area contributed by atoms with Gasteiger partial charge in [-0.15, -0.1) is 0 Å². The van der Waals surface area contributed by atoms with Gasteiger partial charge in [0, 0.05) is 19.7 Å². The van der Waals surface area contributed by atoms with Crippen molar-refractivity contribution in [3.8, 4) is 11.4 Å². The fourth-order valence-electron chi connectivity index (χ4n) is 3.43. The van der Waals surface area contributed by atoms with Crippen LogP contribution in [-0.2, 0) is 23.0 Å². The highest BCUT2D eigenvalue weighted by Gasteiger charge is 2.25. The molecule has 0 aliphatic rings. The normalized spacial score (nSPS) is 12.3. The van der Waals surface area contributed by atoms with Crippen LogP contribution >= 0.6 is 0 Å². The van der Waals surface area contributed by atoms with Crippen LogP contribution < -0.4 is 21.3 Å². The molecule has 0 radical (unpaired) electrons. The monoisotopic (exact) mass is 470 g/mol. The number of aromatic nitrogens is 3. The lowest BCUT2D eigenvalue weighted by atomic mass is 10.0. The summed E-state index contributed by atoms with van der Waals surface area (Å²) < 4.78 is 12.8. The molecule has 0 aliphatic heterocycles. The molecule has 2 N–H and O–H groups in total. The zero-order valence-electron chi connectivity index (χ0n) is 19.5. The number of ether oxygens (including phenoxy) is 2. The summed E-state index contributed by atoms with van der Waals surface area (Å²) in [6, 6.07) is 4.83. The van der Waals surface area contributed by atoms with Gasteiger partial charge in [-0.05, 0) is 44.5 Å². The largest absolute Gasteiger partial charge is 0.495 e. The number of nitrogens with one attached hydrogen (secondary N) is 1. The average molecular weight is 470 g/mol. The van der Waals surface area contributed by atoms with Crippen molar-refractivity contribution in [1.82, 2.24) is 19.4 Å². The highest BCUT2D eigenvalue weighted by molar-refractivity contribution is 5.80. The molecule has 3 aromatic rings. The number of carbonyl (C=O) groups excluding carboxylic acids is 1. The Morgan fingerprint density at radius 2 is 1.91 bits per heavy atom. The van der Waals surface area contributed by atoms with Crippen molar-refractivity contribution in [3.05, 3.63) is 63.1 Å². The van der Waals surface area contributed by atoms with E-state index in [1.807, 2.05) is 0 Å². The molecular formula is C23H26N4O7. The molecule has 0 unspecified atom stereocenters. The van der Waals surface area contributed by atoms with Crippen molar-refractivity contribution >= 4 is 23.0 Å². The Hall–Kier alpha value is -4.15. The second kappa shape index (κ2) is 9.38. The zero-order chi connectivity index (χ0) is 25.2. The summed E-state index contributed by atoms with van der Waals surface area (Å²) in [6.07, 6.45) is 1.96.